The van der Waals surface area contributed by atoms with E-state index in [1.165, 1.54) is 16.7 Å². The number of piperazine rings is 1. The van der Waals surface area contributed by atoms with Crippen LogP contribution in [0.5, 0.6) is 0 Å². The minimum atomic E-state index is -4.50. The van der Waals surface area contributed by atoms with Crippen molar-refractivity contribution in [3.63, 3.8) is 0 Å². The highest BCUT2D eigenvalue weighted by atomic mass is 19.4. The van der Waals surface area contributed by atoms with E-state index in [-0.39, 0.29) is 17.8 Å². The third-order valence-electron chi connectivity index (χ3n) is 7.19. The summed E-state index contributed by atoms with van der Waals surface area (Å²) in [6.07, 6.45) is 7.05. The lowest BCUT2D eigenvalue weighted by Gasteiger charge is -2.41. The van der Waals surface area contributed by atoms with Crippen LogP contribution < -0.4 is 4.90 Å². The molecule has 1 saturated heterocycles. The second kappa shape index (κ2) is 11.2. The number of halogens is 3. The summed E-state index contributed by atoms with van der Waals surface area (Å²) >= 11 is 0. The molecule has 0 radical (unpaired) electrons. The van der Waals surface area contributed by atoms with E-state index in [9.17, 15) is 18.0 Å². The van der Waals surface area contributed by atoms with Gasteiger partial charge in [-0.25, -0.2) is 15.0 Å². The second-order valence-electron chi connectivity index (χ2n) is 9.86. The van der Waals surface area contributed by atoms with Gasteiger partial charge in [0.25, 0.3) is 5.91 Å². The number of amides is 1. The molecule has 5 aromatic heterocycles. The minimum Gasteiger partial charge on any atom is -0.385 e. The smallest absolute Gasteiger partial charge is 0.385 e. The Morgan fingerprint density at radius 1 is 1.12 bits per heavy atom. The Bertz CT molecular complexity index is 1680. The summed E-state index contributed by atoms with van der Waals surface area (Å²) in [5, 5.41) is 11.2. The Balaban J connectivity index is 1.25. The molecule has 1 N–H and O–H groups in total. The number of ether oxygens (including phenoxy) is 1. The molecule has 12 nitrogen and oxygen atoms in total. The number of carbonyl (C=O) groups excluding carboxylic acids is 1. The summed E-state index contributed by atoms with van der Waals surface area (Å²) in [4.78, 5) is 30.7. The molecule has 6 rings (SSSR count). The van der Waals surface area contributed by atoms with Gasteiger partial charge in [0.05, 0.1) is 35.8 Å². The first-order chi connectivity index (χ1) is 20.3. The summed E-state index contributed by atoms with van der Waals surface area (Å²) < 4.78 is 48.2. The van der Waals surface area contributed by atoms with Crippen molar-refractivity contribution in [2.45, 2.75) is 25.2 Å². The molecular weight excluding hydrogens is 553 g/mol. The number of H-pyrrole nitrogens is 1. The number of hydrogen-bond donors (Lipinski definition) is 1. The van der Waals surface area contributed by atoms with E-state index in [0.717, 1.165) is 24.2 Å². The van der Waals surface area contributed by atoms with Crippen LogP contribution >= 0.6 is 0 Å². The summed E-state index contributed by atoms with van der Waals surface area (Å²) in [6, 6.07) is 3.70. The number of carbonyl (C=O) groups is 1. The predicted molar refractivity (Wildman–Crippen MR) is 145 cm³/mol. The van der Waals surface area contributed by atoms with Gasteiger partial charge in [0.15, 0.2) is 5.82 Å². The van der Waals surface area contributed by atoms with Gasteiger partial charge in [-0.1, -0.05) is 0 Å². The monoisotopic (exact) mass is 580 g/mol. The van der Waals surface area contributed by atoms with Gasteiger partial charge >= 0.3 is 6.18 Å². The van der Waals surface area contributed by atoms with Gasteiger partial charge < -0.3 is 14.5 Å². The van der Waals surface area contributed by atoms with Crippen LogP contribution in [-0.4, -0.2) is 83.5 Å². The van der Waals surface area contributed by atoms with Gasteiger partial charge in [-0.2, -0.15) is 23.4 Å². The van der Waals surface area contributed by atoms with Crippen LogP contribution in [0.4, 0.5) is 19.0 Å². The summed E-state index contributed by atoms with van der Waals surface area (Å²) in [6.45, 7) is 2.52. The number of hydrogen-bond acceptors (Lipinski definition) is 8. The van der Waals surface area contributed by atoms with Gasteiger partial charge in [-0.3, -0.25) is 19.0 Å². The third kappa shape index (κ3) is 5.42. The van der Waals surface area contributed by atoms with Gasteiger partial charge in [0.2, 0.25) is 0 Å². The molecular formula is C27H27F3N10O2. The summed E-state index contributed by atoms with van der Waals surface area (Å²) in [7, 11) is 1.64. The van der Waals surface area contributed by atoms with Gasteiger partial charge in [-0.05, 0) is 24.6 Å². The molecule has 0 aromatic carbocycles. The van der Waals surface area contributed by atoms with Crippen LogP contribution in [0.15, 0.2) is 61.6 Å². The first-order valence-electron chi connectivity index (χ1n) is 13.3. The van der Waals surface area contributed by atoms with Crippen molar-refractivity contribution in [2.75, 3.05) is 38.3 Å². The number of rotatable bonds is 8. The molecule has 42 heavy (non-hydrogen) atoms. The van der Waals surface area contributed by atoms with Gasteiger partial charge in [0, 0.05) is 70.2 Å². The third-order valence-corrected chi connectivity index (χ3v) is 7.19. The molecule has 5 aromatic rings. The number of aryl methyl sites for hydroxylation is 1. The molecule has 1 aliphatic heterocycles. The van der Waals surface area contributed by atoms with Crippen molar-refractivity contribution < 1.29 is 22.7 Å². The van der Waals surface area contributed by atoms with E-state index in [1.807, 2.05) is 4.90 Å². The SMILES string of the molecule is COCCCn1cc(C(=O)N2CCN(c3ccnc(-c4cnc5ccc(C(F)(F)F)cn45)n3)CC2c2cn[nH]c2)cn1. The zero-order valence-corrected chi connectivity index (χ0v) is 22.6. The van der Waals surface area contributed by atoms with Crippen LogP contribution in [0.1, 0.15) is 33.9 Å². The molecule has 1 aliphatic rings. The number of nitrogens with one attached hydrogen (secondary N) is 1. The van der Waals surface area contributed by atoms with E-state index in [0.29, 0.717) is 55.5 Å². The van der Waals surface area contributed by atoms with E-state index in [4.69, 9.17) is 4.74 Å². The van der Waals surface area contributed by atoms with E-state index >= 15 is 0 Å². The fourth-order valence-corrected chi connectivity index (χ4v) is 5.06. The molecule has 218 valence electrons. The molecule has 0 aliphatic carbocycles. The van der Waals surface area contributed by atoms with Crippen molar-refractivity contribution in [2.24, 2.45) is 0 Å². The highest BCUT2D eigenvalue weighted by Gasteiger charge is 2.34. The topological polar surface area (TPSA) is 122 Å². The highest BCUT2D eigenvalue weighted by molar-refractivity contribution is 5.94. The number of alkyl halides is 3. The average Bonchev–Trinajstić information content (AvgIpc) is 3.77. The lowest BCUT2D eigenvalue weighted by Crippen LogP contribution is -2.51. The van der Waals surface area contributed by atoms with Crippen LogP contribution in [-0.2, 0) is 17.5 Å². The van der Waals surface area contributed by atoms with Crippen LogP contribution in [0.3, 0.4) is 0 Å². The van der Waals surface area contributed by atoms with Crippen molar-refractivity contribution in [1.82, 2.24) is 44.2 Å². The Labute approximate surface area is 237 Å². The summed E-state index contributed by atoms with van der Waals surface area (Å²) in [5.74, 6) is 0.667. The maximum absolute atomic E-state index is 13.6. The zero-order chi connectivity index (χ0) is 29.3. The molecule has 1 unspecified atom stereocenters. The lowest BCUT2D eigenvalue weighted by molar-refractivity contribution is -0.137. The number of anilines is 1. The zero-order valence-electron chi connectivity index (χ0n) is 22.6. The molecule has 1 fully saturated rings. The Morgan fingerprint density at radius 2 is 2.00 bits per heavy atom. The fraction of sp³-hybridized carbons (Fsp3) is 0.333. The number of pyridine rings is 1. The fourth-order valence-electron chi connectivity index (χ4n) is 5.06. The molecule has 6 heterocycles. The van der Waals surface area contributed by atoms with E-state index in [2.05, 4.69) is 30.2 Å². The first-order valence-corrected chi connectivity index (χ1v) is 13.3. The predicted octanol–water partition coefficient (Wildman–Crippen LogP) is 3.47. The Morgan fingerprint density at radius 3 is 2.79 bits per heavy atom. The maximum Gasteiger partial charge on any atom is 0.417 e. The van der Waals surface area contributed by atoms with Gasteiger partial charge in [0.1, 0.15) is 17.2 Å². The minimum absolute atomic E-state index is 0.145. The normalized spacial score (nSPS) is 16.0. The van der Waals surface area contributed by atoms with Crippen molar-refractivity contribution in [3.05, 3.63) is 78.3 Å². The van der Waals surface area contributed by atoms with Crippen molar-refractivity contribution >= 4 is 17.4 Å². The maximum atomic E-state index is 13.6. The molecule has 0 bridgehead atoms. The molecule has 0 spiro atoms. The molecule has 1 amide bonds. The number of nitrogens with zero attached hydrogens (tertiary/aromatic N) is 9. The Kier molecular flexibility index (Phi) is 7.33. The summed E-state index contributed by atoms with van der Waals surface area (Å²) in [5.41, 5.74) is 1.21. The number of aromatic nitrogens is 8. The first kappa shape index (κ1) is 27.4. The number of imidazole rings is 1. The quantitative estimate of drug-likeness (QED) is 0.277. The van der Waals surface area contributed by atoms with E-state index < -0.39 is 11.7 Å². The average molecular weight is 581 g/mol. The lowest BCUT2D eigenvalue weighted by atomic mass is 10.0. The van der Waals surface area contributed by atoms with Crippen LogP contribution in [0.25, 0.3) is 17.2 Å². The number of aromatic amines is 1. The molecule has 0 saturated carbocycles. The molecule has 15 heteroatoms. The van der Waals surface area contributed by atoms with Crippen LogP contribution in [0, 0.1) is 0 Å². The standard InChI is InChI=1S/C27H27F3N10O2/c1-42-10-2-7-38-15-19(13-35-38)26(41)39-9-8-37(17-22(39)18-11-33-34-12-18)24-5-6-31-25(36-24)21-14-32-23-4-3-20(16-40(21)23)27(28,29)30/h3-6,11-16,22H,2,7-10,17H2,1H3,(H,33,34). The van der Waals surface area contributed by atoms with Gasteiger partial charge in [-0.15, -0.1) is 0 Å². The molecule has 1 atom stereocenters. The number of methoxy groups -OCH3 is 1. The van der Waals surface area contributed by atoms with E-state index in [1.54, 1.807) is 53.7 Å². The Hall–Kier alpha value is -4.79. The largest absolute Gasteiger partial charge is 0.417 e. The van der Waals surface area contributed by atoms with Crippen molar-refractivity contribution in [1.29, 1.82) is 0 Å². The van der Waals surface area contributed by atoms with Crippen molar-refractivity contribution in [3.8, 4) is 11.5 Å². The van der Waals surface area contributed by atoms with Crippen LogP contribution in [0.2, 0.25) is 0 Å². The number of fused-ring (bicyclic) bond motifs is 1. The highest BCUT2D eigenvalue weighted by Crippen LogP contribution is 2.32. The second-order valence-corrected chi connectivity index (χ2v) is 9.86.